The molecular weight excluding hydrogens is 335 g/mol. The third-order valence-corrected chi connectivity index (χ3v) is 3.86. The number of nitrogens with zero attached hydrogens (tertiary/aromatic N) is 5. The lowest BCUT2D eigenvalue weighted by molar-refractivity contribution is 0.375. The lowest BCUT2D eigenvalue weighted by Crippen LogP contribution is -2.33. The molecule has 2 unspecified atom stereocenters. The summed E-state index contributed by atoms with van der Waals surface area (Å²) in [7, 11) is 3.20. The van der Waals surface area contributed by atoms with E-state index in [-0.39, 0.29) is 17.7 Å². The Morgan fingerprint density at radius 2 is 2.15 bits per heavy atom. The van der Waals surface area contributed by atoms with Gasteiger partial charge in [0.05, 0.1) is 19.3 Å². The first-order valence-corrected chi connectivity index (χ1v) is 8.38. The van der Waals surface area contributed by atoms with Crippen LogP contribution >= 0.6 is 0 Å². The molecule has 26 heavy (non-hydrogen) atoms. The number of hydrazone groups is 1. The Morgan fingerprint density at radius 3 is 2.81 bits per heavy atom. The molecule has 2 heterocycles. The molecule has 0 aliphatic heterocycles. The molecule has 2 aromatic rings. The number of anilines is 1. The molecule has 2 aromatic heterocycles. The number of nitrogens with one attached hydrogen (secondary N) is 1. The Labute approximate surface area is 153 Å². The topological polar surface area (TPSA) is 67.6 Å². The average Bonchev–Trinajstić information content (AvgIpc) is 3.11. The molecule has 0 aliphatic carbocycles. The summed E-state index contributed by atoms with van der Waals surface area (Å²) < 4.78 is 20.5. The molecule has 0 fully saturated rings. The van der Waals surface area contributed by atoms with E-state index < -0.39 is 5.95 Å². The van der Waals surface area contributed by atoms with Gasteiger partial charge in [0.25, 0.3) is 5.95 Å². The summed E-state index contributed by atoms with van der Waals surface area (Å²) in [6, 6.07) is 1.38. The Balaban J connectivity index is 2.42. The van der Waals surface area contributed by atoms with Crippen LogP contribution in [-0.4, -0.2) is 35.0 Å². The maximum atomic E-state index is 13.7. The molecule has 0 bridgehead atoms. The number of pyridine rings is 1. The first kappa shape index (κ1) is 19.4. The fourth-order valence-electron chi connectivity index (χ4n) is 2.46. The van der Waals surface area contributed by atoms with Crippen molar-refractivity contribution in [3.63, 3.8) is 0 Å². The number of halogens is 1. The fraction of sp³-hybridized carbons (Fsp3) is 0.389. The second-order valence-electron chi connectivity index (χ2n) is 5.75. The number of methoxy groups -OCH3 is 1. The first-order chi connectivity index (χ1) is 12.5. The van der Waals surface area contributed by atoms with Gasteiger partial charge in [0.15, 0.2) is 5.75 Å². The van der Waals surface area contributed by atoms with Crippen LogP contribution < -0.4 is 15.2 Å². The maximum absolute atomic E-state index is 13.7. The van der Waals surface area contributed by atoms with Gasteiger partial charge in [-0.05, 0) is 19.9 Å². The number of hydrogen-bond acceptors (Lipinski definition) is 6. The van der Waals surface area contributed by atoms with Crippen LogP contribution in [0.3, 0.4) is 0 Å². The lowest BCUT2D eigenvalue weighted by atomic mass is 10.1. The van der Waals surface area contributed by atoms with Crippen molar-refractivity contribution in [1.29, 1.82) is 0 Å². The highest BCUT2D eigenvalue weighted by atomic mass is 19.1. The Kier molecular flexibility index (Phi) is 6.71. The lowest BCUT2D eigenvalue weighted by Gasteiger charge is -2.28. The van der Waals surface area contributed by atoms with Gasteiger partial charge in [0.1, 0.15) is 0 Å². The number of rotatable bonds is 8. The Hall–Kier alpha value is -2.90. The molecule has 0 aliphatic rings. The van der Waals surface area contributed by atoms with Crippen molar-refractivity contribution in [2.24, 2.45) is 11.0 Å². The average molecular weight is 360 g/mol. The number of ether oxygens (including phenoxy) is 1. The Bertz CT molecular complexity index is 773. The molecule has 7 nitrogen and oxygen atoms in total. The fourth-order valence-corrected chi connectivity index (χ4v) is 2.46. The van der Waals surface area contributed by atoms with E-state index in [0.717, 1.165) is 5.56 Å². The van der Waals surface area contributed by atoms with Crippen LogP contribution in [0.1, 0.15) is 32.4 Å². The van der Waals surface area contributed by atoms with Crippen molar-refractivity contribution < 1.29 is 9.13 Å². The number of aromatic nitrogens is 3. The number of imidazole rings is 1. The molecule has 0 radical (unpaired) electrons. The van der Waals surface area contributed by atoms with Crippen molar-refractivity contribution in [2.45, 2.75) is 26.8 Å². The van der Waals surface area contributed by atoms with Crippen LogP contribution in [-0.2, 0) is 0 Å². The summed E-state index contributed by atoms with van der Waals surface area (Å²) in [4.78, 5) is 8.04. The van der Waals surface area contributed by atoms with Crippen LogP contribution in [0, 0.1) is 11.9 Å². The largest absolute Gasteiger partial charge is 0.492 e. The van der Waals surface area contributed by atoms with Crippen molar-refractivity contribution in [3.8, 4) is 5.75 Å². The molecule has 2 rings (SSSR count). The van der Waals surface area contributed by atoms with Crippen molar-refractivity contribution in [1.82, 2.24) is 14.6 Å². The summed E-state index contributed by atoms with van der Waals surface area (Å²) in [6.45, 7) is 5.96. The van der Waals surface area contributed by atoms with E-state index >= 15 is 0 Å². The smallest absolute Gasteiger partial charge is 0.255 e. The molecular formula is C18H25FN6O. The van der Waals surface area contributed by atoms with Gasteiger partial charge in [-0.2, -0.15) is 14.6 Å². The van der Waals surface area contributed by atoms with Gasteiger partial charge in [-0.15, -0.1) is 0 Å². The third-order valence-electron chi connectivity index (χ3n) is 3.86. The van der Waals surface area contributed by atoms with Gasteiger partial charge >= 0.3 is 0 Å². The van der Waals surface area contributed by atoms with Crippen molar-refractivity contribution in [3.05, 3.63) is 48.3 Å². The van der Waals surface area contributed by atoms with Crippen molar-refractivity contribution in [2.75, 3.05) is 24.6 Å². The maximum Gasteiger partial charge on any atom is 0.255 e. The predicted molar refractivity (Wildman–Crippen MR) is 102 cm³/mol. The molecule has 0 amide bonds. The SMILES string of the molecule is C/C=C\C(C)/C=N\N(C(C)c1cnc(F)c(OC)c1)n1ccnc1NC. The molecule has 140 valence electrons. The van der Waals surface area contributed by atoms with Gasteiger partial charge in [-0.1, -0.05) is 19.1 Å². The minimum Gasteiger partial charge on any atom is -0.492 e. The summed E-state index contributed by atoms with van der Waals surface area (Å²) in [5.41, 5.74) is 0.759. The molecule has 0 aromatic carbocycles. The van der Waals surface area contributed by atoms with Gasteiger partial charge in [-0.3, -0.25) is 0 Å². The quantitative estimate of drug-likeness (QED) is 0.338. The molecule has 0 saturated heterocycles. The first-order valence-electron chi connectivity index (χ1n) is 8.38. The van der Waals surface area contributed by atoms with E-state index in [1.54, 1.807) is 35.3 Å². The summed E-state index contributed by atoms with van der Waals surface area (Å²) >= 11 is 0. The van der Waals surface area contributed by atoms with Gasteiger partial charge < -0.3 is 10.1 Å². The summed E-state index contributed by atoms with van der Waals surface area (Å²) in [5, 5.41) is 9.41. The second kappa shape index (κ2) is 8.98. The Morgan fingerprint density at radius 1 is 1.38 bits per heavy atom. The van der Waals surface area contributed by atoms with E-state index in [0.29, 0.717) is 5.95 Å². The predicted octanol–water partition coefficient (Wildman–Crippen LogP) is 3.36. The summed E-state index contributed by atoms with van der Waals surface area (Å²) in [5.74, 6) is 0.255. The molecule has 2 atom stereocenters. The van der Waals surface area contributed by atoms with Crippen LogP contribution in [0.2, 0.25) is 0 Å². The van der Waals surface area contributed by atoms with Crippen LogP contribution in [0.4, 0.5) is 10.3 Å². The number of hydrogen-bond donors (Lipinski definition) is 1. The second-order valence-corrected chi connectivity index (χ2v) is 5.75. The van der Waals surface area contributed by atoms with E-state index in [1.165, 1.54) is 13.3 Å². The standard InChI is InChI=1S/C18H25FN6O/c1-6-7-13(2)11-23-25(24-9-8-21-18(24)20-4)14(3)15-10-16(26-5)17(19)22-12-15/h6-14H,1-5H3,(H,20,21)/b7-6-,23-11-. The molecule has 8 heteroatoms. The number of allylic oxidation sites excluding steroid dienone is 2. The minimum atomic E-state index is -0.640. The molecule has 0 saturated carbocycles. The minimum absolute atomic E-state index is 0.0973. The van der Waals surface area contributed by atoms with E-state index in [1.807, 2.05) is 39.1 Å². The van der Waals surface area contributed by atoms with Gasteiger partial charge in [-0.25, -0.2) is 14.6 Å². The van der Waals surface area contributed by atoms with Crippen LogP contribution in [0.25, 0.3) is 0 Å². The molecule has 0 spiro atoms. The third kappa shape index (κ3) is 4.38. The zero-order valence-electron chi connectivity index (χ0n) is 15.7. The summed E-state index contributed by atoms with van der Waals surface area (Å²) in [6.07, 6.45) is 10.8. The molecule has 1 N–H and O–H groups in total. The zero-order chi connectivity index (χ0) is 19.1. The monoisotopic (exact) mass is 360 g/mol. The van der Waals surface area contributed by atoms with E-state index in [9.17, 15) is 4.39 Å². The van der Waals surface area contributed by atoms with Gasteiger partial charge in [0, 0.05) is 37.1 Å². The normalized spacial score (nSPS) is 13.9. The van der Waals surface area contributed by atoms with Crippen LogP contribution in [0.5, 0.6) is 5.75 Å². The van der Waals surface area contributed by atoms with Crippen molar-refractivity contribution >= 4 is 12.2 Å². The highest BCUT2D eigenvalue weighted by Gasteiger charge is 2.20. The zero-order valence-corrected chi connectivity index (χ0v) is 15.7. The van der Waals surface area contributed by atoms with E-state index in [4.69, 9.17) is 4.74 Å². The van der Waals surface area contributed by atoms with E-state index in [2.05, 4.69) is 20.4 Å². The van der Waals surface area contributed by atoms with Gasteiger partial charge in [0.2, 0.25) is 5.95 Å². The van der Waals surface area contributed by atoms with Crippen LogP contribution in [0.15, 0.2) is 41.9 Å². The highest BCUT2D eigenvalue weighted by molar-refractivity contribution is 5.63. The highest BCUT2D eigenvalue weighted by Crippen LogP contribution is 2.25.